The number of hydrogen-bond donors (Lipinski definition) is 0. The predicted octanol–water partition coefficient (Wildman–Crippen LogP) is 4.29. The van der Waals surface area contributed by atoms with Gasteiger partial charge in [0.1, 0.15) is 12.4 Å². The van der Waals surface area contributed by atoms with E-state index in [1.54, 1.807) is 17.4 Å². The van der Waals surface area contributed by atoms with Crippen LogP contribution in [0.4, 0.5) is 0 Å². The van der Waals surface area contributed by atoms with E-state index >= 15 is 0 Å². The smallest absolute Gasteiger partial charge is 0.246 e. The number of aromatic nitrogens is 1. The molecule has 32 heavy (non-hydrogen) atoms. The molecule has 0 saturated carbocycles. The summed E-state index contributed by atoms with van der Waals surface area (Å²) in [4.78, 5) is 33.2. The second-order valence-corrected chi connectivity index (χ2v) is 9.67. The zero-order valence-electron chi connectivity index (χ0n) is 18.7. The predicted molar refractivity (Wildman–Crippen MR) is 126 cm³/mol. The third-order valence-corrected chi connectivity index (χ3v) is 7.02. The van der Waals surface area contributed by atoms with Gasteiger partial charge in [-0.25, -0.2) is 4.98 Å². The fourth-order valence-corrected chi connectivity index (χ4v) is 4.88. The summed E-state index contributed by atoms with van der Waals surface area (Å²) in [6.45, 7) is 5.72. The molecule has 0 bridgehead atoms. The minimum atomic E-state index is 0.0357. The van der Waals surface area contributed by atoms with Gasteiger partial charge in [-0.05, 0) is 62.3 Å². The summed E-state index contributed by atoms with van der Waals surface area (Å²) in [6, 6.07) is 7.71. The van der Waals surface area contributed by atoms with Gasteiger partial charge in [0.15, 0.2) is 0 Å². The second-order valence-electron chi connectivity index (χ2n) is 8.61. The Morgan fingerprint density at radius 1 is 1.09 bits per heavy atom. The first-order chi connectivity index (χ1) is 15.6. The summed E-state index contributed by atoms with van der Waals surface area (Å²) >= 11 is 1.62. The van der Waals surface area contributed by atoms with E-state index in [0.717, 1.165) is 73.9 Å². The van der Waals surface area contributed by atoms with Gasteiger partial charge in [0, 0.05) is 44.1 Å². The van der Waals surface area contributed by atoms with E-state index in [-0.39, 0.29) is 5.91 Å². The number of benzene rings is 1. The van der Waals surface area contributed by atoms with Gasteiger partial charge in [-0.1, -0.05) is 12.1 Å². The number of carbonyl (C=O) groups is 2. The monoisotopic (exact) mass is 453 g/mol. The third kappa shape index (κ3) is 6.19. The fraction of sp³-hybridized carbons (Fsp3) is 0.480. The average Bonchev–Trinajstić information content (AvgIpc) is 3.49. The fourth-order valence-electron chi connectivity index (χ4n) is 4.28. The topological polar surface area (TPSA) is 62.7 Å². The normalized spacial score (nSPS) is 17.3. The molecule has 0 spiro atoms. The zero-order chi connectivity index (χ0) is 22.3. The summed E-state index contributed by atoms with van der Waals surface area (Å²) in [7, 11) is 0. The van der Waals surface area contributed by atoms with Crippen molar-refractivity contribution in [2.75, 3.05) is 26.2 Å². The van der Waals surface area contributed by atoms with Gasteiger partial charge in [-0.2, -0.15) is 0 Å². The second kappa shape index (κ2) is 10.8. The van der Waals surface area contributed by atoms with Crippen LogP contribution in [0.1, 0.15) is 48.4 Å². The highest BCUT2D eigenvalue weighted by molar-refractivity contribution is 7.09. The Labute approximate surface area is 193 Å². The average molecular weight is 454 g/mol. The van der Waals surface area contributed by atoms with E-state index < -0.39 is 0 Å². The number of thiazole rings is 1. The molecule has 3 heterocycles. The van der Waals surface area contributed by atoms with Crippen molar-refractivity contribution in [3.8, 4) is 5.75 Å². The Morgan fingerprint density at radius 3 is 2.47 bits per heavy atom. The number of ether oxygens (including phenoxy) is 1. The summed E-state index contributed by atoms with van der Waals surface area (Å²) in [5.74, 6) is 1.51. The highest BCUT2D eigenvalue weighted by Crippen LogP contribution is 2.23. The number of aryl methyl sites for hydroxylation is 1. The van der Waals surface area contributed by atoms with Crippen LogP contribution in [0.15, 0.2) is 35.7 Å². The minimum absolute atomic E-state index is 0.0357. The van der Waals surface area contributed by atoms with Crippen molar-refractivity contribution in [1.82, 2.24) is 14.8 Å². The van der Waals surface area contributed by atoms with Crippen molar-refractivity contribution >= 4 is 29.2 Å². The Hall–Kier alpha value is -2.67. The molecular formula is C25H31N3O3S. The molecule has 0 atom stereocenters. The van der Waals surface area contributed by atoms with Gasteiger partial charge in [-0.15, -0.1) is 11.3 Å². The first kappa shape index (κ1) is 22.5. The molecule has 2 aromatic rings. The highest BCUT2D eigenvalue weighted by Gasteiger charge is 2.26. The molecule has 1 aromatic carbocycles. The largest absolute Gasteiger partial charge is 0.487 e. The van der Waals surface area contributed by atoms with Crippen molar-refractivity contribution in [1.29, 1.82) is 0 Å². The maximum atomic E-state index is 12.6. The standard InChI is InChI=1S/C25H31N3O3S/c1-19-26-22(18-32-19)17-31-23-7-4-20(5-8-23)6-9-24(29)28-14-10-21(11-15-28)16-25(30)27-12-2-3-13-27/h4-9,18,21H,2-3,10-17H2,1H3/b9-6+. The van der Waals surface area contributed by atoms with Gasteiger partial charge in [0.05, 0.1) is 10.7 Å². The SMILES string of the molecule is Cc1nc(COc2ccc(/C=C/C(=O)N3CCC(CC(=O)N4CCCC4)CC3)cc2)cs1. The molecule has 0 N–H and O–H groups in total. The molecule has 7 heteroatoms. The van der Waals surface area contributed by atoms with Crippen LogP contribution in [0.3, 0.4) is 0 Å². The van der Waals surface area contributed by atoms with Gasteiger partial charge in [-0.3, -0.25) is 9.59 Å². The van der Waals surface area contributed by atoms with Crippen molar-refractivity contribution in [2.45, 2.75) is 45.6 Å². The van der Waals surface area contributed by atoms with Crippen LogP contribution in [0.25, 0.3) is 6.08 Å². The summed E-state index contributed by atoms with van der Waals surface area (Å²) in [5, 5.41) is 3.04. The molecule has 2 aliphatic rings. The van der Waals surface area contributed by atoms with Crippen LogP contribution in [-0.4, -0.2) is 52.8 Å². The van der Waals surface area contributed by atoms with Gasteiger partial charge < -0.3 is 14.5 Å². The van der Waals surface area contributed by atoms with E-state index in [1.165, 1.54) is 0 Å². The number of hydrogen-bond acceptors (Lipinski definition) is 5. The molecule has 2 aliphatic heterocycles. The lowest BCUT2D eigenvalue weighted by Gasteiger charge is -2.31. The van der Waals surface area contributed by atoms with Crippen molar-refractivity contribution < 1.29 is 14.3 Å². The first-order valence-electron chi connectivity index (χ1n) is 11.5. The summed E-state index contributed by atoms with van der Waals surface area (Å²) in [5.41, 5.74) is 1.90. The number of amides is 2. The Morgan fingerprint density at radius 2 is 1.81 bits per heavy atom. The van der Waals surface area contributed by atoms with Crippen LogP contribution in [0.5, 0.6) is 5.75 Å². The van der Waals surface area contributed by atoms with Crippen LogP contribution < -0.4 is 4.74 Å². The number of nitrogens with zero attached hydrogens (tertiary/aromatic N) is 3. The molecular weight excluding hydrogens is 422 g/mol. The molecule has 2 amide bonds. The summed E-state index contributed by atoms with van der Waals surface area (Å²) in [6.07, 6.45) is 8.20. The van der Waals surface area contributed by atoms with Gasteiger partial charge >= 0.3 is 0 Å². The van der Waals surface area contributed by atoms with Crippen LogP contribution in [0.2, 0.25) is 0 Å². The number of carbonyl (C=O) groups excluding carboxylic acids is 2. The van der Waals surface area contributed by atoms with Crippen LogP contribution in [0, 0.1) is 12.8 Å². The quantitative estimate of drug-likeness (QED) is 0.587. The van der Waals surface area contributed by atoms with E-state index in [2.05, 4.69) is 4.98 Å². The lowest BCUT2D eigenvalue weighted by atomic mass is 9.93. The minimum Gasteiger partial charge on any atom is -0.487 e. The first-order valence-corrected chi connectivity index (χ1v) is 12.3. The van der Waals surface area contributed by atoms with Gasteiger partial charge in [0.2, 0.25) is 11.8 Å². The third-order valence-electron chi connectivity index (χ3n) is 6.20. The van der Waals surface area contributed by atoms with Crippen molar-refractivity contribution in [2.24, 2.45) is 5.92 Å². The molecule has 1 aromatic heterocycles. The zero-order valence-corrected chi connectivity index (χ0v) is 19.5. The Balaban J connectivity index is 1.20. The number of piperidine rings is 1. The van der Waals surface area contributed by atoms with E-state index in [9.17, 15) is 9.59 Å². The molecule has 170 valence electrons. The van der Waals surface area contributed by atoms with Crippen molar-refractivity contribution in [3.05, 3.63) is 52.0 Å². The molecule has 2 fully saturated rings. The molecule has 2 saturated heterocycles. The Kier molecular flexibility index (Phi) is 7.58. The van der Waals surface area contributed by atoms with Crippen molar-refractivity contribution in [3.63, 3.8) is 0 Å². The molecule has 0 unspecified atom stereocenters. The highest BCUT2D eigenvalue weighted by atomic mass is 32.1. The van der Waals surface area contributed by atoms with Gasteiger partial charge in [0.25, 0.3) is 0 Å². The lowest BCUT2D eigenvalue weighted by Crippen LogP contribution is -2.39. The van der Waals surface area contributed by atoms with Crippen LogP contribution in [-0.2, 0) is 16.2 Å². The van der Waals surface area contributed by atoms with E-state index in [4.69, 9.17) is 4.74 Å². The molecule has 0 radical (unpaired) electrons. The summed E-state index contributed by atoms with van der Waals surface area (Å²) < 4.78 is 5.77. The number of rotatable bonds is 7. The van der Waals surface area contributed by atoms with E-state index in [0.29, 0.717) is 24.9 Å². The molecule has 4 rings (SSSR count). The molecule has 0 aliphatic carbocycles. The molecule has 6 nitrogen and oxygen atoms in total. The van der Waals surface area contributed by atoms with E-state index in [1.807, 2.05) is 52.4 Å². The van der Waals surface area contributed by atoms with Crippen LogP contribution >= 0.6 is 11.3 Å². The maximum Gasteiger partial charge on any atom is 0.246 e. The Bertz CT molecular complexity index is 940. The maximum absolute atomic E-state index is 12.6. The lowest BCUT2D eigenvalue weighted by molar-refractivity contribution is -0.131. The number of likely N-dealkylation sites (tertiary alicyclic amines) is 2.